The maximum absolute atomic E-state index is 5.53. The van der Waals surface area contributed by atoms with Gasteiger partial charge in [-0.25, -0.2) is 0 Å². The number of hydrogen-bond acceptors (Lipinski definition) is 5. The normalized spacial score (nSPS) is 12.7. The molecule has 0 aromatic heterocycles. The van der Waals surface area contributed by atoms with Crippen molar-refractivity contribution >= 4 is 0 Å². The fourth-order valence-corrected chi connectivity index (χ4v) is 1.62. The lowest BCUT2D eigenvalue weighted by molar-refractivity contribution is -0.00380. The van der Waals surface area contributed by atoms with Gasteiger partial charge in [0.2, 0.25) is 0 Å². The Morgan fingerprint density at radius 1 is 0.714 bits per heavy atom. The second kappa shape index (κ2) is 17.9. The van der Waals surface area contributed by atoms with Crippen LogP contribution in [0.5, 0.6) is 0 Å². The molecule has 0 aliphatic heterocycles. The number of rotatable bonds is 17. The summed E-state index contributed by atoms with van der Waals surface area (Å²) in [5.74, 6) is 0. The summed E-state index contributed by atoms with van der Waals surface area (Å²) in [5.41, 5.74) is 0. The minimum atomic E-state index is 0.404. The number of ether oxygens (including phenoxy) is 4. The Hall–Kier alpha value is -0.200. The van der Waals surface area contributed by atoms with Crippen molar-refractivity contribution in [1.82, 2.24) is 5.32 Å². The molecule has 5 nitrogen and oxygen atoms in total. The van der Waals surface area contributed by atoms with E-state index in [1.165, 1.54) is 6.42 Å². The molecule has 128 valence electrons. The standard InChI is InChI=1S/C16H35NO4/c1-4-6-8-18-9-10-19-11-12-20-13-14-21-15-16(3)17-7-5-2/h16-17H,4-15H2,1-3H3. The summed E-state index contributed by atoms with van der Waals surface area (Å²) in [7, 11) is 0. The van der Waals surface area contributed by atoms with Crippen LogP contribution in [0.15, 0.2) is 0 Å². The third-order valence-electron chi connectivity index (χ3n) is 2.87. The molecule has 21 heavy (non-hydrogen) atoms. The van der Waals surface area contributed by atoms with E-state index in [0.717, 1.165) is 32.6 Å². The summed E-state index contributed by atoms with van der Waals surface area (Å²) in [6, 6.07) is 0.404. The predicted octanol–water partition coefficient (Wildman–Crippen LogP) is 2.24. The molecule has 5 heteroatoms. The van der Waals surface area contributed by atoms with Crippen LogP contribution in [-0.4, -0.2) is 65.4 Å². The van der Waals surface area contributed by atoms with Gasteiger partial charge in [-0.1, -0.05) is 20.3 Å². The molecule has 1 atom stereocenters. The Kier molecular flexibility index (Phi) is 17.7. The molecule has 1 unspecified atom stereocenters. The number of nitrogens with one attached hydrogen (secondary N) is 1. The molecule has 0 amide bonds. The van der Waals surface area contributed by atoms with Crippen molar-refractivity contribution in [1.29, 1.82) is 0 Å². The first kappa shape index (κ1) is 20.8. The highest BCUT2D eigenvalue weighted by Crippen LogP contribution is 1.89. The van der Waals surface area contributed by atoms with Gasteiger partial charge < -0.3 is 24.3 Å². The summed E-state index contributed by atoms with van der Waals surface area (Å²) in [6.07, 6.45) is 3.44. The minimum Gasteiger partial charge on any atom is -0.379 e. The summed E-state index contributed by atoms with van der Waals surface area (Å²) < 4.78 is 21.8. The molecule has 0 fully saturated rings. The second-order valence-corrected chi connectivity index (χ2v) is 5.12. The minimum absolute atomic E-state index is 0.404. The fourth-order valence-electron chi connectivity index (χ4n) is 1.62. The fraction of sp³-hybridized carbons (Fsp3) is 1.00. The van der Waals surface area contributed by atoms with Gasteiger partial charge in [-0.05, 0) is 26.3 Å². The van der Waals surface area contributed by atoms with Crippen LogP contribution in [0.2, 0.25) is 0 Å². The zero-order valence-corrected chi connectivity index (χ0v) is 14.2. The molecule has 0 heterocycles. The quantitative estimate of drug-likeness (QED) is 0.418. The van der Waals surface area contributed by atoms with Crippen LogP contribution in [0.25, 0.3) is 0 Å². The van der Waals surface area contributed by atoms with Crippen LogP contribution >= 0.6 is 0 Å². The Morgan fingerprint density at radius 3 is 1.76 bits per heavy atom. The van der Waals surface area contributed by atoms with E-state index in [4.69, 9.17) is 18.9 Å². The molecule has 0 rings (SSSR count). The number of unbranched alkanes of at least 4 members (excludes halogenated alkanes) is 1. The Labute approximate surface area is 130 Å². The molecule has 0 aromatic carbocycles. The highest BCUT2D eigenvalue weighted by molar-refractivity contribution is 4.57. The van der Waals surface area contributed by atoms with Crippen molar-refractivity contribution in [2.45, 2.75) is 46.1 Å². The largest absolute Gasteiger partial charge is 0.379 e. The zero-order chi connectivity index (χ0) is 15.6. The van der Waals surface area contributed by atoms with Gasteiger partial charge in [0.05, 0.1) is 46.2 Å². The van der Waals surface area contributed by atoms with Crippen molar-refractivity contribution in [2.75, 3.05) is 59.4 Å². The van der Waals surface area contributed by atoms with Crippen LogP contribution in [0.4, 0.5) is 0 Å². The zero-order valence-electron chi connectivity index (χ0n) is 14.2. The summed E-state index contributed by atoms with van der Waals surface area (Å²) in [6.45, 7) is 12.9. The lowest BCUT2D eigenvalue weighted by Gasteiger charge is -2.13. The van der Waals surface area contributed by atoms with Crippen molar-refractivity contribution in [3.63, 3.8) is 0 Å². The molecule has 0 saturated carbocycles. The number of hydrogen-bond donors (Lipinski definition) is 1. The lowest BCUT2D eigenvalue weighted by Crippen LogP contribution is -2.31. The van der Waals surface area contributed by atoms with Gasteiger partial charge in [0.1, 0.15) is 0 Å². The van der Waals surface area contributed by atoms with E-state index in [2.05, 4.69) is 26.1 Å². The van der Waals surface area contributed by atoms with Crippen molar-refractivity contribution in [3.8, 4) is 0 Å². The molecular formula is C16H35NO4. The first-order valence-electron chi connectivity index (χ1n) is 8.35. The summed E-state index contributed by atoms with van der Waals surface area (Å²) in [5, 5.41) is 3.38. The molecule has 0 spiro atoms. The van der Waals surface area contributed by atoms with E-state index in [1.54, 1.807) is 0 Å². The second-order valence-electron chi connectivity index (χ2n) is 5.12. The van der Waals surface area contributed by atoms with Crippen LogP contribution in [-0.2, 0) is 18.9 Å². The maximum atomic E-state index is 5.53. The average Bonchev–Trinajstić information content (AvgIpc) is 2.49. The molecule has 0 saturated heterocycles. The predicted molar refractivity (Wildman–Crippen MR) is 85.9 cm³/mol. The Bertz CT molecular complexity index is 193. The molecule has 0 bridgehead atoms. The van der Waals surface area contributed by atoms with Crippen molar-refractivity contribution in [3.05, 3.63) is 0 Å². The average molecular weight is 305 g/mol. The highest BCUT2D eigenvalue weighted by Gasteiger charge is 1.99. The van der Waals surface area contributed by atoms with Gasteiger partial charge in [0, 0.05) is 12.6 Å². The third-order valence-corrected chi connectivity index (χ3v) is 2.87. The Balaban J connectivity index is 3.02. The molecule has 0 aliphatic rings. The third kappa shape index (κ3) is 17.7. The van der Waals surface area contributed by atoms with Crippen LogP contribution in [0, 0.1) is 0 Å². The van der Waals surface area contributed by atoms with Gasteiger partial charge in [0.25, 0.3) is 0 Å². The van der Waals surface area contributed by atoms with Crippen molar-refractivity contribution in [2.24, 2.45) is 0 Å². The van der Waals surface area contributed by atoms with Crippen molar-refractivity contribution < 1.29 is 18.9 Å². The highest BCUT2D eigenvalue weighted by atomic mass is 16.6. The first-order chi connectivity index (χ1) is 10.3. The van der Waals surface area contributed by atoms with E-state index in [1.807, 2.05) is 0 Å². The monoisotopic (exact) mass is 305 g/mol. The van der Waals surface area contributed by atoms with Gasteiger partial charge in [-0.3, -0.25) is 0 Å². The van der Waals surface area contributed by atoms with Gasteiger partial charge in [0.15, 0.2) is 0 Å². The van der Waals surface area contributed by atoms with Crippen LogP contribution < -0.4 is 5.32 Å². The maximum Gasteiger partial charge on any atom is 0.0701 e. The van der Waals surface area contributed by atoms with E-state index in [9.17, 15) is 0 Å². The summed E-state index contributed by atoms with van der Waals surface area (Å²) in [4.78, 5) is 0. The molecular weight excluding hydrogens is 270 g/mol. The molecule has 0 aromatic rings. The van der Waals surface area contributed by atoms with E-state index in [0.29, 0.717) is 45.7 Å². The van der Waals surface area contributed by atoms with Gasteiger partial charge in [-0.15, -0.1) is 0 Å². The summed E-state index contributed by atoms with van der Waals surface area (Å²) >= 11 is 0. The van der Waals surface area contributed by atoms with E-state index < -0.39 is 0 Å². The molecule has 1 N–H and O–H groups in total. The van der Waals surface area contributed by atoms with E-state index >= 15 is 0 Å². The van der Waals surface area contributed by atoms with Crippen LogP contribution in [0.1, 0.15) is 40.0 Å². The Morgan fingerprint density at radius 2 is 1.24 bits per heavy atom. The molecule has 0 aliphatic carbocycles. The van der Waals surface area contributed by atoms with Gasteiger partial charge >= 0.3 is 0 Å². The smallest absolute Gasteiger partial charge is 0.0701 e. The molecule has 0 radical (unpaired) electrons. The first-order valence-corrected chi connectivity index (χ1v) is 8.35. The van der Waals surface area contributed by atoms with Gasteiger partial charge in [-0.2, -0.15) is 0 Å². The van der Waals surface area contributed by atoms with Crippen LogP contribution in [0.3, 0.4) is 0 Å². The SMILES string of the molecule is CCCCOCCOCCOCCOCC(C)NCCC. The topological polar surface area (TPSA) is 49.0 Å². The van der Waals surface area contributed by atoms with E-state index in [-0.39, 0.29) is 0 Å². The lowest BCUT2D eigenvalue weighted by atomic mass is 10.3.